The molecule has 3 rings (SSSR count). The molecule has 0 spiro atoms. The number of benzene rings is 1. The minimum atomic E-state index is 0. The third kappa shape index (κ3) is 3.75. The lowest BCUT2D eigenvalue weighted by Crippen LogP contribution is -2.38. The second kappa shape index (κ2) is 7.32. The molecule has 0 aromatic heterocycles. The Bertz CT molecular complexity index is 519. The quantitative estimate of drug-likeness (QED) is 0.468. The standard InChI is InChI=1S/C13H16N4O2.HI/c1-5-14-13(15-6-1)17-16-7-4-10-2-3-11-12(8-10)19-9-18-11;/h2-3,7-8H,1,4-6,9H2,(H2,14,15,17);1H. The first kappa shape index (κ1) is 14.9. The van der Waals surface area contributed by atoms with Crippen molar-refractivity contribution in [1.82, 2.24) is 10.7 Å². The maximum absolute atomic E-state index is 5.33. The van der Waals surface area contributed by atoms with Crippen LogP contribution in [0.15, 0.2) is 28.3 Å². The van der Waals surface area contributed by atoms with Gasteiger partial charge in [0.15, 0.2) is 11.5 Å². The maximum atomic E-state index is 5.33. The van der Waals surface area contributed by atoms with Crippen LogP contribution in [0, 0.1) is 0 Å². The number of nitrogens with zero attached hydrogens (tertiary/aromatic N) is 2. The van der Waals surface area contributed by atoms with Gasteiger partial charge in [0, 0.05) is 25.7 Å². The van der Waals surface area contributed by atoms with Crippen LogP contribution < -0.4 is 20.2 Å². The molecule has 7 heteroatoms. The van der Waals surface area contributed by atoms with Crippen LogP contribution in [0.2, 0.25) is 0 Å². The first-order valence-corrected chi connectivity index (χ1v) is 6.36. The Balaban J connectivity index is 0.00000147. The van der Waals surface area contributed by atoms with Crippen LogP contribution >= 0.6 is 24.0 Å². The molecule has 0 atom stereocenters. The number of ether oxygens (including phenoxy) is 2. The smallest absolute Gasteiger partial charge is 0.231 e. The average Bonchev–Trinajstić information content (AvgIpc) is 2.92. The molecule has 2 aliphatic rings. The van der Waals surface area contributed by atoms with Crippen molar-refractivity contribution in [3.63, 3.8) is 0 Å². The van der Waals surface area contributed by atoms with Crippen molar-refractivity contribution in [2.45, 2.75) is 12.8 Å². The van der Waals surface area contributed by atoms with Gasteiger partial charge in [0.25, 0.3) is 0 Å². The minimum absolute atomic E-state index is 0. The number of aliphatic imine (C=N–C) groups is 1. The summed E-state index contributed by atoms with van der Waals surface area (Å²) in [6.07, 6.45) is 3.62. The van der Waals surface area contributed by atoms with Crippen LogP contribution in [-0.2, 0) is 6.42 Å². The van der Waals surface area contributed by atoms with Gasteiger partial charge in [0.1, 0.15) is 0 Å². The van der Waals surface area contributed by atoms with Crippen LogP contribution in [0.3, 0.4) is 0 Å². The summed E-state index contributed by atoms with van der Waals surface area (Å²) in [5, 5.41) is 7.28. The molecular weight excluding hydrogens is 371 g/mol. The Labute approximate surface area is 134 Å². The summed E-state index contributed by atoms with van der Waals surface area (Å²) >= 11 is 0. The monoisotopic (exact) mass is 388 g/mol. The van der Waals surface area contributed by atoms with E-state index in [0.29, 0.717) is 6.79 Å². The average molecular weight is 388 g/mol. The summed E-state index contributed by atoms with van der Waals surface area (Å²) in [4.78, 5) is 4.27. The Morgan fingerprint density at radius 2 is 2.25 bits per heavy atom. The van der Waals surface area contributed by atoms with E-state index in [0.717, 1.165) is 49.0 Å². The molecule has 2 heterocycles. The maximum Gasteiger partial charge on any atom is 0.231 e. The Morgan fingerprint density at radius 1 is 1.35 bits per heavy atom. The van der Waals surface area contributed by atoms with Gasteiger partial charge in [-0.05, 0) is 24.1 Å². The highest BCUT2D eigenvalue weighted by molar-refractivity contribution is 14.0. The molecule has 2 N–H and O–H groups in total. The van der Waals surface area contributed by atoms with Crippen molar-refractivity contribution in [1.29, 1.82) is 0 Å². The van der Waals surface area contributed by atoms with Crippen molar-refractivity contribution in [2.24, 2.45) is 10.1 Å². The van der Waals surface area contributed by atoms with Crippen LogP contribution in [0.4, 0.5) is 0 Å². The summed E-state index contributed by atoms with van der Waals surface area (Å²) in [5.74, 6) is 2.35. The van der Waals surface area contributed by atoms with Crippen LogP contribution in [-0.4, -0.2) is 32.1 Å². The largest absolute Gasteiger partial charge is 0.454 e. The van der Waals surface area contributed by atoms with Gasteiger partial charge in [0.2, 0.25) is 12.8 Å². The van der Waals surface area contributed by atoms with Crippen molar-refractivity contribution in [3.05, 3.63) is 23.8 Å². The lowest BCUT2D eigenvalue weighted by atomic mass is 10.1. The van der Waals surface area contributed by atoms with E-state index in [4.69, 9.17) is 9.47 Å². The molecule has 6 nitrogen and oxygen atoms in total. The molecule has 0 fully saturated rings. The molecule has 0 saturated heterocycles. The second-order valence-corrected chi connectivity index (χ2v) is 4.33. The van der Waals surface area contributed by atoms with Gasteiger partial charge >= 0.3 is 0 Å². The molecule has 1 aromatic carbocycles. The van der Waals surface area contributed by atoms with E-state index in [1.165, 1.54) is 0 Å². The lowest BCUT2D eigenvalue weighted by molar-refractivity contribution is 0.174. The van der Waals surface area contributed by atoms with E-state index in [2.05, 4.69) is 20.8 Å². The van der Waals surface area contributed by atoms with Gasteiger partial charge in [-0.25, -0.2) is 5.43 Å². The Kier molecular flexibility index (Phi) is 5.45. The van der Waals surface area contributed by atoms with Crippen LogP contribution in [0.25, 0.3) is 0 Å². The number of guanidine groups is 1. The highest BCUT2D eigenvalue weighted by Gasteiger charge is 2.12. The van der Waals surface area contributed by atoms with E-state index >= 15 is 0 Å². The lowest BCUT2D eigenvalue weighted by Gasteiger charge is -2.12. The van der Waals surface area contributed by atoms with E-state index in [9.17, 15) is 0 Å². The molecule has 0 unspecified atom stereocenters. The molecule has 0 aliphatic carbocycles. The molecule has 20 heavy (non-hydrogen) atoms. The molecular formula is C13H17IN4O2. The number of hydrogen-bond acceptors (Lipinski definition) is 6. The molecule has 2 aliphatic heterocycles. The normalized spacial score (nSPS) is 16.3. The fourth-order valence-corrected chi connectivity index (χ4v) is 1.93. The minimum Gasteiger partial charge on any atom is -0.454 e. The molecule has 0 amide bonds. The van der Waals surface area contributed by atoms with E-state index in [-0.39, 0.29) is 24.0 Å². The van der Waals surface area contributed by atoms with Gasteiger partial charge in [-0.3, -0.25) is 4.99 Å². The van der Waals surface area contributed by atoms with E-state index in [1.807, 2.05) is 24.4 Å². The molecule has 1 aromatic rings. The van der Waals surface area contributed by atoms with Gasteiger partial charge < -0.3 is 14.8 Å². The fourth-order valence-electron chi connectivity index (χ4n) is 1.93. The zero-order valence-electron chi connectivity index (χ0n) is 11.0. The fraction of sp³-hybridized carbons (Fsp3) is 0.385. The van der Waals surface area contributed by atoms with Gasteiger partial charge in [-0.2, -0.15) is 5.10 Å². The second-order valence-electron chi connectivity index (χ2n) is 4.33. The first-order valence-electron chi connectivity index (χ1n) is 6.36. The third-order valence-electron chi connectivity index (χ3n) is 2.92. The third-order valence-corrected chi connectivity index (χ3v) is 2.92. The topological polar surface area (TPSA) is 67.2 Å². The van der Waals surface area contributed by atoms with Crippen molar-refractivity contribution >= 4 is 36.2 Å². The summed E-state index contributed by atoms with van der Waals surface area (Å²) in [6.45, 7) is 2.11. The van der Waals surface area contributed by atoms with Gasteiger partial charge in [-0.1, -0.05) is 6.07 Å². The summed E-state index contributed by atoms with van der Waals surface area (Å²) < 4.78 is 10.6. The summed E-state index contributed by atoms with van der Waals surface area (Å²) in [7, 11) is 0. The van der Waals surface area contributed by atoms with Crippen molar-refractivity contribution in [3.8, 4) is 11.5 Å². The molecule has 108 valence electrons. The Morgan fingerprint density at radius 3 is 3.10 bits per heavy atom. The number of nitrogens with one attached hydrogen (secondary N) is 2. The highest BCUT2D eigenvalue weighted by atomic mass is 127. The zero-order valence-corrected chi connectivity index (χ0v) is 13.3. The molecule has 0 radical (unpaired) electrons. The van der Waals surface area contributed by atoms with Gasteiger partial charge in [-0.15, -0.1) is 24.0 Å². The first-order chi connectivity index (χ1) is 9.42. The predicted molar refractivity (Wildman–Crippen MR) is 88.2 cm³/mol. The number of fused-ring (bicyclic) bond motifs is 1. The number of hydrogen-bond donors (Lipinski definition) is 2. The zero-order chi connectivity index (χ0) is 12.9. The van der Waals surface area contributed by atoms with Crippen LogP contribution in [0.1, 0.15) is 12.0 Å². The SMILES string of the molecule is C(Cc1ccc2c(c1)OCO2)=NNC1=NCCCN1.I. The molecule has 0 saturated carbocycles. The number of rotatable bonds is 3. The summed E-state index contributed by atoms with van der Waals surface area (Å²) in [6, 6.07) is 5.91. The van der Waals surface area contributed by atoms with E-state index < -0.39 is 0 Å². The van der Waals surface area contributed by atoms with Crippen LogP contribution in [0.5, 0.6) is 11.5 Å². The van der Waals surface area contributed by atoms with Crippen molar-refractivity contribution in [2.75, 3.05) is 19.9 Å². The van der Waals surface area contributed by atoms with E-state index in [1.54, 1.807) is 0 Å². The molecule has 0 bridgehead atoms. The van der Waals surface area contributed by atoms with Crippen molar-refractivity contribution < 1.29 is 9.47 Å². The predicted octanol–water partition coefficient (Wildman–Crippen LogP) is 1.50. The number of hydrazone groups is 1. The van der Waals surface area contributed by atoms with Gasteiger partial charge in [0.05, 0.1) is 0 Å². The number of halogens is 1. The summed E-state index contributed by atoms with van der Waals surface area (Å²) in [5.41, 5.74) is 4.03. The highest BCUT2D eigenvalue weighted by Crippen LogP contribution is 2.32. The Hall–Kier alpha value is -1.51.